The van der Waals surface area contributed by atoms with E-state index in [-0.39, 0.29) is 0 Å². The van der Waals surface area contributed by atoms with Crippen LogP contribution in [0.15, 0.2) is 30.3 Å². The Bertz CT molecular complexity index is 583. The Labute approximate surface area is 180 Å². The molecular formula is C25H44O3S. The molecule has 0 aliphatic rings. The summed E-state index contributed by atoms with van der Waals surface area (Å²) in [5.74, 6) is 0. The van der Waals surface area contributed by atoms with E-state index in [4.69, 9.17) is 0 Å². The van der Waals surface area contributed by atoms with E-state index in [0.29, 0.717) is 12.0 Å². The van der Waals surface area contributed by atoms with E-state index in [2.05, 4.69) is 6.92 Å². The minimum atomic E-state index is -4.04. The van der Waals surface area contributed by atoms with Gasteiger partial charge >= 0.3 is 0 Å². The molecule has 1 aromatic carbocycles. The molecule has 0 bridgehead atoms. The topological polar surface area (TPSA) is 54.4 Å². The first-order chi connectivity index (χ1) is 14.1. The third-order valence-electron chi connectivity index (χ3n) is 5.85. The van der Waals surface area contributed by atoms with Crippen LogP contribution in [-0.4, -0.2) is 13.0 Å². The lowest BCUT2D eigenvalue weighted by Gasteiger charge is -2.14. The summed E-state index contributed by atoms with van der Waals surface area (Å²) in [6, 6.07) is 9.07. The lowest BCUT2D eigenvalue weighted by Crippen LogP contribution is -2.12. The molecule has 0 spiro atoms. The predicted octanol–water partition coefficient (Wildman–Crippen LogP) is 8.27. The van der Waals surface area contributed by atoms with Crippen molar-refractivity contribution >= 4 is 10.1 Å². The Hall–Kier alpha value is -0.870. The van der Waals surface area contributed by atoms with Gasteiger partial charge in [0, 0.05) is 0 Å². The van der Waals surface area contributed by atoms with Crippen molar-refractivity contribution in [3.63, 3.8) is 0 Å². The van der Waals surface area contributed by atoms with Crippen LogP contribution < -0.4 is 0 Å². The average molecular weight is 425 g/mol. The number of hydrogen-bond donors (Lipinski definition) is 1. The van der Waals surface area contributed by atoms with Gasteiger partial charge in [-0.3, -0.25) is 4.55 Å². The molecule has 4 heteroatoms. The van der Waals surface area contributed by atoms with Gasteiger partial charge in [0.25, 0.3) is 10.1 Å². The van der Waals surface area contributed by atoms with E-state index in [1.807, 2.05) is 18.2 Å². The van der Waals surface area contributed by atoms with Crippen molar-refractivity contribution < 1.29 is 13.0 Å². The van der Waals surface area contributed by atoms with Gasteiger partial charge in [-0.15, -0.1) is 0 Å². The second kappa shape index (κ2) is 16.9. The van der Waals surface area contributed by atoms with Crippen molar-refractivity contribution in [2.45, 2.75) is 121 Å². The molecule has 1 aromatic rings. The first-order valence-corrected chi connectivity index (χ1v) is 13.6. The molecular weight excluding hydrogens is 380 g/mol. The van der Waals surface area contributed by atoms with Crippen molar-refractivity contribution in [3.05, 3.63) is 35.9 Å². The van der Waals surface area contributed by atoms with Gasteiger partial charge in [-0.1, -0.05) is 140 Å². The Kier molecular flexibility index (Phi) is 15.2. The highest BCUT2D eigenvalue weighted by Gasteiger charge is 2.24. The Balaban J connectivity index is 1.95. The number of benzene rings is 1. The van der Waals surface area contributed by atoms with Gasteiger partial charge in [0.1, 0.15) is 5.25 Å². The van der Waals surface area contributed by atoms with Crippen LogP contribution in [0.4, 0.5) is 0 Å². The molecule has 1 rings (SSSR count). The maximum atomic E-state index is 11.7. The van der Waals surface area contributed by atoms with Crippen molar-refractivity contribution in [2.24, 2.45) is 0 Å². The van der Waals surface area contributed by atoms with E-state index in [9.17, 15) is 13.0 Å². The van der Waals surface area contributed by atoms with Gasteiger partial charge in [0.15, 0.2) is 0 Å². The van der Waals surface area contributed by atoms with Crippen molar-refractivity contribution in [2.75, 3.05) is 0 Å². The lowest BCUT2D eigenvalue weighted by atomic mass is 10.0. The number of hydrogen-bond acceptors (Lipinski definition) is 2. The van der Waals surface area contributed by atoms with Crippen LogP contribution in [0.1, 0.15) is 127 Å². The third-order valence-corrected chi connectivity index (χ3v) is 7.08. The average Bonchev–Trinajstić information content (AvgIpc) is 2.70. The minimum Gasteiger partial charge on any atom is -0.285 e. The van der Waals surface area contributed by atoms with Crippen LogP contribution in [0.3, 0.4) is 0 Å². The SMILES string of the molecule is CCCCCCCCCCCCCCCCCCC(c1ccccc1)S(=O)(=O)O. The molecule has 29 heavy (non-hydrogen) atoms. The maximum Gasteiger partial charge on any atom is 0.271 e. The molecule has 0 fully saturated rings. The molecule has 168 valence electrons. The zero-order chi connectivity index (χ0) is 21.2. The summed E-state index contributed by atoms with van der Waals surface area (Å²) in [6.07, 6.45) is 21.3. The predicted molar refractivity (Wildman–Crippen MR) is 125 cm³/mol. The zero-order valence-electron chi connectivity index (χ0n) is 18.7. The van der Waals surface area contributed by atoms with Gasteiger partial charge < -0.3 is 0 Å². The van der Waals surface area contributed by atoms with Gasteiger partial charge in [-0.25, -0.2) is 0 Å². The second-order valence-electron chi connectivity index (χ2n) is 8.51. The van der Waals surface area contributed by atoms with Crippen LogP contribution in [0.25, 0.3) is 0 Å². The first-order valence-electron chi connectivity index (χ1n) is 12.1. The minimum absolute atomic E-state index is 0.501. The largest absolute Gasteiger partial charge is 0.285 e. The number of unbranched alkanes of at least 4 members (excludes halogenated alkanes) is 15. The van der Waals surface area contributed by atoms with Crippen molar-refractivity contribution in [1.82, 2.24) is 0 Å². The quantitative estimate of drug-likeness (QED) is 0.179. The summed E-state index contributed by atoms with van der Waals surface area (Å²) in [5, 5.41) is -0.782. The van der Waals surface area contributed by atoms with Gasteiger partial charge in [-0.05, 0) is 12.0 Å². The monoisotopic (exact) mass is 424 g/mol. The van der Waals surface area contributed by atoms with E-state index in [0.717, 1.165) is 19.3 Å². The highest BCUT2D eigenvalue weighted by Crippen LogP contribution is 2.27. The van der Waals surface area contributed by atoms with E-state index >= 15 is 0 Å². The highest BCUT2D eigenvalue weighted by atomic mass is 32.2. The molecule has 1 unspecified atom stereocenters. The molecule has 0 saturated heterocycles. The molecule has 3 nitrogen and oxygen atoms in total. The Morgan fingerprint density at radius 3 is 1.41 bits per heavy atom. The van der Waals surface area contributed by atoms with Crippen LogP contribution >= 0.6 is 0 Å². The third kappa shape index (κ3) is 13.9. The Morgan fingerprint density at radius 2 is 1.03 bits per heavy atom. The molecule has 0 aliphatic carbocycles. The summed E-state index contributed by atoms with van der Waals surface area (Å²) in [6.45, 7) is 2.27. The molecule has 1 atom stereocenters. The number of rotatable bonds is 19. The van der Waals surface area contributed by atoms with Crippen LogP contribution in [-0.2, 0) is 10.1 Å². The molecule has 0 amide bonds. The van der Waals surface area contributed by atoms with Crippen molar-refractivity contribution in [1.29, 1.82) is 0 Å². The highest BCUT2D eigenvalue weighted by molar-refractivity contribution is 7.86. The van der Waals surface area contributed by atoms with Gasteiger partial charge in [0.05, 0.1) is 0 Å². The van der Waals surface area contributed by atoms with Gasteiger partial charge in [0.2, 0.25) is 0 Å². The van der Waals surface area contributed by atoms with Crippen LogP contribution in [0.5, 0.6) is 0 Å². The maximum absolute atomic E-state index is 11.7. The molecule has 0 heterocycles. The van der Waals surface area contributed by atoms with Gasteiger partial charge in [-0.2, -0.15) is 8.42 Å². The lowest BCUT2D eigenvalue weighted by molar-refractivity contribution is 0.458. The second-order valence-corrected chi connectivity index (χ2v) is 10.1. The van der Waals surface area contributed by atoms with Crippen LogP contribution in [0.2, 0.25) is 0 Å². The summed E-state index contributed by atoms with van der Waals surface area (Å²) in [4.78, 5) is 0. The molecule has 0 saturated carbocycles. The van der Waals surface area contributed by atoms with Crippen LogP contribution in [0, 0.1) is 0 Å². The van der Waals surface area contributed by atoms with E-state index in [1.165, 1.54) is 83.5 Å². The standard InChI is InChI=1S/C25H44O3S/c1-2-3-4-5-6-7-8-9-10-11-12-13-14-15-16-20-23-25(29(26,27)28)24-21-18-17-19-22-24/h17-19,21-22,25H,2-16,20,23H2,1H3,(H,26,27,28). The smallest absolute Gasteiger partial charge is 0.271 e. The summed E-state index contributed by atoms with van der Waals surface area (Å²) >= 11 is 0. The normalized spacial score (nSPS) is 12.9. The van der Waals surface area contributed by atoms with E-state index < -0.39 is 15.4 Å². The summed E-state index contributed by atoms with van der Waals surface area (Å²) in [5.41, 5.74) is 0.691. The summed E-state index contributed by atoms with van der Waals surface area (Å²) in [7, 11) is -4.04. The molecule has 0 aliphatic heterocycles. The van der Waals surface area contributed by atoms with E-state index in [1.54, 1.807) is 12.1 Å². The zero-order valence-corrected chi connectivity index (χ0v) is 19.5. The molecule has 1 N–H and O–H groups in total. The molecule has 0 aromatic heterocycles. The Morgan fingerprint density at radius 1 is 0.655 bits per heavy atom. The fraction of sp³-hybridized carbons (Fsp3) is 0.760. The van der Waals surface area contributed by atoms with Crippen molar-refractivity contribution in [3.8, 4) is 0 Å². The fourth-order valence-corrected chi connectivity index (χ4v) is 5.00. The molecule has 0 radical (unpaired) electrons. The summed E-state index contributed by atoms with van der Waals surface area (Å²) < 4.78 is 32.9. The first kappa shape index (κ1) is 26.2. The fourth-order valence-electron chi connectivity index (χ4n) is 4.03.